The van der Waals surface area contributed by atoms with E-state index in [-0.39, 0.29) is 31.0 Å². The molecule has 0 N–H and O–H groups in total. The summed E-state index contributed by atoms with van der Waals surface area (Å²) >= 11 is 0. The van der Waals surface area contributed by atoms with Crippen LogP contribution in [-0.4, -0.2) is 23.6 Å². The van der Waals surface area contributed by atoms with Gasteiger partial charge in [-0.05, 0) is 42.2 Å². The lowest BCUT2D eigenvalue weighted by molar-refractivity contribution is -0.133. The first-order valence-corrected chi connectivity index (χ1v) is 9.12. The fourth-order valence-electron chi connectivity index (χ4n) is 3.78. The molecule has 2 aromatic carbocycles. The van der Waals surface area contributed by atoms with Crippen LogP contribution in [0.5, 0.6) is 11.5 Å². The van der Waals surface area contributed by atoms with Crippen molar-refractivity contribution in [2.24, 2.45) is 0 Å². The molecule has 5 heteroatoms. The zero-order chi connectivity index (χ0) is 17.9. The molecular weight excluding hydrogens is 333 g/mol. The number of fused-ring (bicyclic) bond motifs is 1. The van der Waals surface area contributed by atoms with Crippen LogP contribution >= 0.6 is 0 Å². The topological polar surface area (TPSA) is 38.8 Å². The Balaban J connectivity index is 1.54. The lowest BCUT2D eigenvalue weighted by atomic mass is 10.1. The maximum absolute atomic E-state index is 14.0. The third-order valence-corrected chi connectivity index (χ3v) is 5.18. The molecule has 0 radical (unpaired) electrons. The first kappa shape index (κ1) is 16.9. The molecule has 1 aliphatic heterocycles. The van der Waals surface area contributed by atoms with Gasteiger partial charge in [0.25, 0.3) is 0 Å². The summed E-state index contributed by atoms with van der Waals surface area (Å²) in [6, 6.07) is 12.5. The molecule has 1 aliphatic carbocycles. The Labute approximate surface area is 152 Å². The average molecular weight is 355 g/mol. The predicted octanol–water partition coefficient (Wildman–Crippen LogP) is 4.07. The molecular formula is C21H22FNO3. The first-order chi connectivity index (χ1) is 12.7. The number of hydrogen-bond acceptors (Lipinski definition) is 3. The van der Waals surface area contributed by atoms with Gasteiger partial charge >= 0.3 is 0 Å². The van der Waals surface area contributed by atoms with E-state index in [1.807, 2.05) is 23.1 Å². The molecule has 1 saturated carbocycles. The van der Waals surface area contributed by atoms with Crippen LogP contribution in [0.3, 0.4) is 0 Å². The van der Waals surface area contributed by atoms with Crippen molar-refractivity contribution in [2.45, 2.75) is 44.7 Å². The monoisotopic (exact) mass is 355 g/mol. The van der Waals surface area contributed by atoms with Crippen LogP contribution in [0, 0.1) is 5.82 Å². The van der Waals surface area contributed by atoms with Crippen molar-refractivity contribution in [1.29, 1.82) is 0 Å². The Morgan fingerprint density at radius 1 is 1.08 bits per heavy atom. The number of carbonyl (C=O) groups is 1. The van der Waals surface area contributed by atoms with Gasteiger partial charge in [0.2, 0.25) is 12.7 Å². The minimum absolute atomic E-state index is 0.0281. The molecule has 0 spiro atoms. The summed E-state index contributed by atoms with van der Waals surface area (Å²) < 4.78 is 24.8. The smallest absolute Gasteiger partial charge is 0.231 e. The Kier molecular flexibility index (Phi) is 4.78. The molecule has 0 aromatic heterocycles. The van der Waals surface area contributed by atoms with E-state index >= 15 is 0 Å². The standard InChI is InChI=1S/C21H22FNO3/c22-18-8-4-1-5-16(18)12-21(24)23(17-6-2-3-7-17)13-15-9-10-19-20(11-15)26-14-25-19/h1,4-5,8-11,17H,2-3,6-7,12-14H2. The van der Waals surface area contributed by atoms with Gasteiger partial charge in [0, 0.05) is 12.6 Å². The van der Waals surface area contributed by atoms with Crippen molar-refractivity contribution in [3.05, 3.63) is 59.4 Å². The molecule has 0 bridgehead atoms. The highest BCUT2D eigenvalue weighted by Gasteiger charge is 2.27. The lowest BCUT2D eigenvalue weighted by Crippen LogP contribution is -2.39. The minimum atomic E-state index is -0.324. The number of nitrogens with zero attached hydrogens (tertiary/aromatic N) is 1. The maximum atomic E-state index is 14.0. The SMILES string of the molecule is O=C(Cc1ccccc1F)N(Cc1ccc2c(c1)OCO2)C1CCCC1. The predicted molar refractivity (Wildman–Crippen MR) is 95.5 cm³/mol. The molecule has 1 fully saturated rings. The van der Waals surface area contributed by atoms with Crippen LogP contribution in [0.4, 0.5) is 4.39 Å². The van der Waals surface area contributed by atoms with Gasteiger partial charge < -0.3 is 14.4 Å². The third kappa shape index (κ3) is 3.52. The van der Waals surface area contributed by atoms with Crippen LogP contribution in [0.15, 0.2) is 42.5 Å². The van der Waals surface area contributed by atoms with Crippen LogP contribution in [0.25, 0.3) is 0 Å². The van der Waals surface area contributed by atoms with E-state index in [1.54, 1.807) is 18.2 Å². The number of benzene rings is 2. The van der Waals surface area contributed by atoms with E-state index in [2.05, 4.69) is 0 Å². The fourth-order valence-corrected chi connectivity index (χ4v) is 3.78. The average Bonchev–Trinajstić information content (AvgIpc) is 3.32. The van der Waals surface area contributed by atoms with Crippen molar-refractivity contribution in [3.8, 4) is 11.5 Å². The van der Waals surface area contributed by atoms with Gasteiger partial charge in [-0.1, -0.05) is 37.1 Å². The molecule has 0 atom stereocenters. The summed E-state index contributed by atoms with van der Waals surface area (Å²) in [6.45, 7) is 0.742. The number of hydrogen-bond donors (Lipinski definition) is 0. The van der Waals surface area contributed by atoms with Crippen molar-refractivity contribution >= 4 is 5.91 Å². The van der Waals surface area contributed by atoms with E-state index in [1.165, 1.54) is 6.07 Å². The van der Waals surface area contributed by atoms with Crippen LogP contribution in [0.1, 0.15) is 36.8 Å². The van der Waals surface area contributed by atoms with E-state index in [0.717, 1.165) is 42.7 Å². The highest BCUT2D eigenvalue weighted by Crippen LogP contribution is 2.34. The van der Waals surface area contributed by atoms with Gasteiger partial charge in [-0.15, -0.1) is 0 Å². The minimum Gasteiger partial charge on any atom is -0.454 e. The van der Waals surface area contributed by atoms with Crippen LogP contribution < -0.4 is 9.47 Å². The molecule has 26 heavy (non-hydrogen) atoms. The highest BCUT2D eigenvalue weighted by atomic mass is 19.1. The van der Waals surface area contributed by atoms with Gasteiger partial charge in [-0.25, -0.2) is 4.39 Å². The summed E-state index contributed by atoms with van der Waals surface area (Å²) in [4.78, 5) is 14.9. The zero-order valence-electron chi connectivity index (χ0n) is 14.6. The summed E-state index contributed by atoms with van der Waals surface area (Å²) in [6.07, 6.45) is 4.37. The van der Waals surface area contributed by atoms with E-state index in [4.69, 9.17) is 9.47 Å². The number of carbonyl (C=O) groups excluding carboxylic acids is 1. The van der Waals surface area contributed by atoms with E-state index < -0.39 is 0 Å². The quantitative estimate of drug-likeness (QED) is 0.812. The lowest BCUT2D eigenvalue weighted by Gasteiger charge is -2.29. The normalized spacial score (nSPS) is 16.0. The van der Waals surface area contributed by atoms with Gasteiger partial charge in [-0.2, -0.15) is 0 Å². The Morgan fingerprint density at radius 2 is 1.85 bits per heavy atom. The second-order valence-electron chi connectivity index (χ2n) is 6.92. The molecule has 1 amide bonds. The molecule has 4 rings (SSSR count). The van der Waals surface area contributed by atoms with Crippen molar-refractivity contribution in [2.75, 3.05) is 6.79 Å². The van der Waals surface area contributed by atoms with Gasteiger partial charge in [-0.3, -0.25) is 4.79 Å². The van der Waals surface area contributed by atoms with Crippen molar-refractivity contribution in [1.82, 2.24) is 4.90 Å². The van der Waals surface area contributed by atoms with Gasteiger partial charge in [0.05, 0.1) is 6.42 Å². The first-order valence-electron chi connectivity index (χ1n) is 9.12. The van der Waals surface area contributed by atoms with Crippen molar-refractivity contribution < 1.29 is 18.7 Å². The summed E-state index contributed by atoms with van der Waals surface area (Å²) in [5, 5.41) is 0. The molecule has 1 heterocycles. The largest absolute Gasteiger partial charge is 0.454 e. The summed E-state index contributed by atoms with van der Waals surface area (Å²) in [5.41, 5.74) is 1.45. The van der Waals surface area contributed by atoms with Crippen LogP contribution in [-0.2, 0) is 17.8 Å². The number of amides is 1. The Bertz CT molecular complexity index is 802. The molecule has 2 aromatic rings. The Morgan fingerprint density at radius 3 is 2.65 bits per heavy atom. The molecule has 0 unspecified atom stereocenters. The second kappa shape index (κ2) is 7.36. The summed E-state index contributed by atoms with van der Waals surface area (Å²) in [7, 11) is 0. The highest BCUT2D eigenvalue weighted by molar-refractivity contribution is 5.79. The number of halogens is 1. The number of ether oxygens (including phenoxy) is 2. The molecule has 0 saturated heterocycles. The molecule has 4 nitrogen and oxygen atoms in total. The number of rotatable bonds is 5. The molecule has 136 valence electrons. The Hall–Kier alpha value is -2.56. The molecule has 2 aliphatic rings. The van der Waals surface area contributed by atoms with E-state index in [9.17, 15) is 9.18 Å². The van der Waals surface area contributed by atoms with Crippen LogP contribution in [0.2, 0.25) is 0 Å². The fraction of sp³-hybridized carbons (Fsp3) is 0.381. The summed E-state index contributed by atoms with van der Waals surface area (Å²) in [5.74, 6) is 1.10. The third-order valence-electron chi connectivity index (χ3n) is 5.18. The zero-order valence-corrected chi connectivity index (χ0v) is 14.6. The maximum Gasteiger partial charge on any atom is 0.231 e. The van der Waals surface area contributed by atoms with Gasteiger partial charge in [0.15, 0.2) is 11.5 Å². The van der Waals surface area contributed by atoms with Gasteiger partial charge in [0.1, 0.15) is 5.82 Å². The van der Waals surface area contributed by atoms with Crippen molar-refractivity contribution in [3.63, 3.8) is 0 Å². The van der Waals surface area contributed by atoms with E-state index in [0.29, 0.717) is 12.1 Å². The second-order valence-corrected chi connectivity index (χ2v) is 6.92.